The van der Waals surface area contributed by atoms with Crippen molar-refractivity contribution in [3.8, 4) is 0 Å². The molecule has 0 radical (unpaired) electrons. The summed E-state index contributed by atoms with van der Waals surface area (Å²) in [6, 6.07) is 20.9. The van der Waals surface area contributed by atoms with E-state index >= 15 is 0 Å². The van der Waals surface area contributed by atoms with Gasteiger partial charge >= 0.3 is 0 Å². The standard InChI is InChI=1S/C24H24N2O2S6/c1-15(25-27)21-19(13-17-9-5-3-6-10-17)23(31-29-21)33-34-24-20(14-18-11-7-4-8-12-18)22(30-32-24)16(2)26-28/h3-12,19-20,23-24H,13-14H2,1-2H3/b21-15-,22-16-. The van der Waals surface area contributed by atoms with E-state index in [-0.39, 0.29) is 11.8 Å². The van der Waals surface area contributed by atoms with Gasteiger partial charge in [-0.1, -0.05) is 125 Å². The summed E-state index contributed by atoms with van der Waals surface area (Å²) >= 11 is 0. The van der Waals surface area contributed by atoms with Crippen LogP contribution in [0.25, 0.3) is 0 Å². The Bertz CT molecular complexity index is 978. The van der Waals surface area contributed by atoms with Gasteiger partial charge in [0.15, 0.2) is 0 Å². The lowest BCUT2D eigenvalue weighted by atomic mass is 9.99. The van der Waals surface area contributed by atoms with Crippen LogP contribution in [0.4, 0.5) is 0 Å². The molecule has 2 saturated heterocycles. The molecule has 4 unspecified atom stereocenters. The van der Waals surface area contributed by atoms with Crippen LogP contribution < -0.4 is 0 Å². The summed E-state index contributed by atoms with van der Waals surface area (Å²) in [5, 5.41) is 6.52. The minimum atomic E-state index is 0.243. The molecule has 0 aromatic heterocycles. The van der Waals surface area contributed by atoms with Gasteiger partial charge in [0, 0.05) is 21.6 Å². The smallest absolute Gasteiger partial charge is 0.0925 e. The highest BCUT2D eigenvalue weighted by molar-refractivity contribution is 8.90. The zero-order valence-electron chi connectivity index (χ0n) is 18.7. The number of rotatable bonds is 9. The molecule has 4 atom stereocenters. The molecule has 0 bridgehead atoms. The Morgan fingerprint density at radius 1 is 0.706 bits per heavy atom. The molecule has 34 heavy (non-hydrogen) atoms. The van der Waals surface area contributed by atoms with Crippen LogP contribution in [0.1, 0.15) is 25.0 Å². The van der Waals surface area contributed by atoms with Gasteiger partial charge in [-0.25, -0.2) is 0 Å². The summed E-state index contributed by atoms with van der Waals surface area (Å²) in [5.41, 5.74) is 3.73. The Morgan fingerprint density at radius 3 is 1.44 bits per heavy atom. The zero-order valence-corrected chi connectivity index (χ0v) is 23.6. The predicted octanol–water partition coefficient (Wildman–Crippen LogP) is 9.52. The summed E-state index contributed by atoms with van der Waals surface area (Å²) in [6.07, 6.45) is 1.78. The van der Waals surface area contributed by atoms with Crippen molar-refractivity contribution in [1.29, 1.82) is 0 Å². The lowest BCUT2D eigenvalue weighted by molar-refractivity contribution is 0.696. The molecule has 178 valence electrons. The van der Waals surface area contributed by atoms with Crippen molar-refractivity contribution in [3.05, 3.63) is 103 Å². The largest absolute Gasteiger partial charge is 0.145 e. The summed E-state index contributed by atoms with van der Waals surface area (Å²) in [4.78, 5) is 24.8. The summed E-state index contributed by atoms with van der Waals surface area (Å²) < 4.78 is 0.617. The number of hydrogen-bond acceptors (Lipinski definition) is 10. The molecule has 2 aromatic rings. The number of nitroso groups, excluding NO2 is 2. The zero-order chi connectivity index (χ0) is 23.9. The highest BCUT2D eigenvalue weighted by Gasteiger charge is 2.40. The topological polar surface area (TPSA) is 58.9 Å². The third kappa shape index (κ3) is 6.50. The van der Waals surface area contributed by atoms with Gasteiger partial charge in [-0.15, -0.1) is 9.81 Å². The van der Waals surface area contributed by atoms with Gasteiger partial charge in [0.05, 0.1) is 20.6 Å². The Morgan fingerprint density at radius 2 is 1.09 bits per heavy atom. The second kappa shape index (κ2) is 13.0. The third-order valence-corrected chi connectivity index (χ3v) is 16.6. The lowest BCUT2D eigenvalue weighted by Crippen LogP contribution is -2.16. The van der Waals surface area contributed by atoms with Gasteiger partial charge in [-0.2, -0.15) is 0 Å². The number of allylic oxidation sites excluding steroid dienone is 4. The maximum atomic E-state index is 11.3. The minimum absolute atomic E-state index is 0.243. The van der Waals surface area contributed by atoms with Crippen molar-refractivity contribution in [1.82, 2.24) is 0 Å². The predicted molar refractivity (Wildman–Crippen MR) is 157 cm³/mol. The number of nitrogens with zero attached hydrogens (tertiary/aromatic N) is 2. The molecule has 0 N–H and O–H groups in total. The van der Waals surface area contributed by atoms with Crippen LogP contribution in [0.5, 0.6) is 0 Å². The normalized spacial score (nSPS) is 27.5. The van der Waals surface area contributed by atoms with E-state index in [1.165, 1.54) is 11.1 Å². The van der Waals surface area contributed by atoms with Crippen molar-refractivity contribution < 1.29 is 0 Å². The fourth-order valence-corrected chi connectivity index (χ4v) is 16.3. The van der Waals surface area contributed by atoms with Gasteiger partial charge in [0.1, 0.15) is 0 Å². The molecule has 4 nitrogen and oxygen atoms in total. The van der Waals surface area contributed by atoms with Crippen LogP contribution >= 0.6 is 64.8 Å². The summed E-state index contributed by atoms with van der Waals surface area (Å²) in [5.74, 6) is 0.486. The third-order valence-electron chi connectivity index (χ3n) is 5.63. The fraction of sp³-hybridized carbons (Fsp3) is 0.333. The van der Waals surface area contributed by atoms with E-state index in [4.69, 9.17) is 0 Å². The van der Waals surface area contributed by atoms with E-state index < -0.39 is 0 Å². The van der Waals surface area contributed by atoms with Crippen molar-refractivity contribution in [2.24, 2.45) is 22.2 Å². The maximum absolute atomic E-state index is 11.3. The molecular weight excluding hydrogens is 541 g/mol. The molecule has 2 aromatic carbocycles. The van der Waals surface area contributed by atoms with Crippen molar-refractivity contribution >= 4 is 64.8 Å². The van der Waals surface area contributed by atoms with Crippen LogP contribution in [-0.4, -0.2) is 9.16 Å². The molecule has 0 amide bonds. The van der Waals surface area contributed by atoms with E-state index in [0.717, 1.165) is 22.7 Å². The molecule has 2 fully saturated rings. The molecule has 2 heterocycles. The van der Waals surface area contributed by atoms with Crippen molar-refractivity contribution in [2.45, 2.75) is 35.9 Å². The van der Waals surface area contributed by atoms with Gasteiger partial charge < -0.3 is 0 Å². The lowest BCUT2D eigenvalue weighted by Gasteiger charge is -2.22. The average molecular weight is 565 g/mol. The first-order valence-corrected chi connectivity index (χ1v) is 17.5. The quantitative estimate of drug-likeness (QED) is 0.220. The van der Waals surface area contributed by atoms with E-state index in [2.05, 4.69) is 58.9 Å². The Kier molecular flexibility index (Phi) is 10.0. The molecular formula is C24H24N2O2S6. The Balaban J connectivity index is 1.50. The van der Waals surface area contributed by atoms with Gasteiger partial charge in [0.2, 0.25) is 0 Å². The molecule has 2 aliphatic heterocycles. The van der Waals surface area contributed by atoms with Gasteiger partial charge in [-0.3, -0.25) is 0 Å². The average Bonchev–Trinajstić information content (AvgIpc) is 3.46. The van der Waals surface area contributed by atoms with E-state index in [9.17, 15) is 9.81 Å². The SMILES string of the molecule is C/C(N=O)=C1/SSC(SSC2SS/C(=C(/C)N=O)C2Cc2ccccc2)C1Cc1ccccc1. The molecule has 0 aliphatic carbocycles. The molecule has 4 rings (SSSR count). The van der Waals surface area contributed by atoms with Crippen molar-refractivity contribution in [2.75, 3.05) is 0 Å². The summed E-state index contributed by atoms with van der Waals surface area (Å²) in [6.45, 7) is 3.64. The van der Waals surface area contributed by atoms with Crippen molar-refractivity contribution in [3.63, 3.8) is 0 Å². The van der Waals surface area contributed by atoms with Gasteiger partial charge in [0.25, 0.3) is 0 Å². The highest BCUT2D eigenvalue weighted by atomic mass is 33.2. The Hall–Kier alpha value is -0.780. The van der Waals surface area contributed by atoms with Crippen LogP contribution in [0, 0.1) is 21.6 Å². The van der Waals surface area contributed by atoms with Crippen LogP contribution in [0.3, 0.4) is 0 Å². The number of hydrogen-bond donors (Lipinski definition) is 0. The first-order valence-electron chi connectivity index (χ1n) is 10.8. The van der Waals surface area contributed by atoms with Crippen LogP contribution in [0.15, 0.2) is 92.2 Å². The van der Waals surface area contributed by atoms with Crippen LogP contribution in [0.2, 0.25) is 0 Å². The minimum Gasteiger partial charge on any atom is -0.145 e. The first-order chi connectivity index (χ1) is 16.6. The van der Waals surface area contributed by atoms with Gasteiger partial charge in [-0.05, 0) is 48.2 Å². The van der Waals surface area contributed by atoms with Crippen LogP contribution in [-0.2, 0) is 12.8 Å². The molecule has 0 saturated carbocycles. The van der Waals surface area contributed by atoms with E-state index in [0.29, 0.717) is 20.6 Å². The fourth-order valence-electron chi connectivity index (χ4n) is 3.84. The monoisotopic (exact) mass is 564 g/mol. The van der Waals surface area contributed by atoms with E-state index in [1.54, 1.807) is 21.6 Å². The Labute approximate surface area is 224 Å². The van der Waals surface area contributed by atoms with E-state index in [1.807, 2.05) is 69.2 Å². The molecule has 0 spiro atoms. The highest BCUT2D eigenvalue weighted by Crippen LogP contribution is 2.64. The second-order valence-electron chi connectivity index (χ2n) is 7.96. The molecule has 10 heteroatoms. The second-order valence-corrected chi connectivity index (χ2v) is 15.9. The molecule has 2 aliphatic rings. The maximum Gasteiger partial charge on any atom is 0.0925 e. The summed E-state index contributed by atoms with van der Waals surface area (Å²) in [7, 11) is 10.8. The first kappa shape index (κ1) is 26.3. The number of benzene rings is 2.